The van der Waals surface area contributed by atoms with Gasteiger partial charge in [0.15, 0.2) is 22.4 Å². The maximum atomic E-state index is 12.0. The molecule has 0 aromatic heterocycles. The van der Waals surface area contributed by atoms with Crippen LogP contribution in [0.5, 0.6) is 0 Å². The zero-order chi connectivity index (χ0) is 33.3. The number of benzene rings is 4. The summed E-state index contributed by atoms with van der Waals surface area (Å²) in [5.41, 5.74) is -6.61. The lowest BCUT2D eigenvalue weighted by molar-refractivity contribution is 0.139. The van der Waals surface area contributed by atoms with Crippen LogP contribution in [-0.2, 0) is 11.2 Å². The molecule has 4 nitrogen and oxygen atoms in total. The highest BCUT2D eigenvalue weighted by Gasteiger charge is 2.50. The largest absolute Gasteiger partial charge is 0.369 e. The molecule has 1 aliphatic carbocycles. The van der Waals surface area contributed by atoms with Gasteiger partial charge in [-0.25, -0.2) is 0 Å². The van der Waals surface area contributed by atoms with Crippen LogP contribution in [0.1, 0.15) is 22.3 Å². The van der Waals surface area contributed by atoms with E-state index in [1.807, 2.05) is 0 Å². The molecule has 1 aliphatic rings. The second-order valence-corrected chi connectivity index (χ2v) is 14.3. The van der Waals surface area contributed by atoms with Crippen molar-refractivity contribution < 1.29 is 20.4 Å². The molecule has 0 fully saturated rings. The van der Waals surface area contributed by atoms with Crippen LogP contribution in [0.3, 0.4) is 0 Å². The minimum Gasteiger partial charge on any atom is -0.369 e. The van der Waals surface area contributed by atoms with Gasteiger partial charge in [0, 0.05) is 32.3 Å². The van der Waals surface area contributed by atoms with E-state index in [1.165, 1.54) is 0 Å². The van der Waals surface area contributed by atoms with Gasteiger partial charge in [0.2, 0.25) is 0 Å². The first-order valence-corrected chi connectivity index (χ1v) is 17.4. The molecule has 232 valence electrons. The number of hydrogen-bond acceptors (Lipinski definition) is 4. The summed E-state index contributed by atoms with van der Waals surface area (Å²) < 4.78 is -0.0187. The Morgan fingerprint density at radius 2 is 0.761 bits per heavy atom. The monoisotopic (exact) mass is 904 g/mol. The molecule has 0 saturated heterocycles. The van der Waals surface area contributed by atoms with Gasteiger partial charge >= 0.3 is 0 Å². The predicted molar refractivity (Wildman–Crippen MR) is 197 cm³/mol. The van der Waals surface area contributed by atoms with Crippen LogP contribution >= 0.6 is 86.9 Å². The molecule has 0 heterocycles. The van der Waals surface area contributed by atoms with Gasteiger partial charge in [0.25, 0.3) is 0 Å². The first kappa shape index (κ1) is 35.1. The van der Waals surface area contributed by atoms with Crippen molar-refractivity contribution in [3.63, 3.8) is 0 Å². The van der Waals surface area contributed by atoms with Gasteiger partial charge in [-0.05, 0) is 75.9 Å². The summed E-state index contributed by atoms with van der Waals surface area (Å²) in [7, 11) is 0. The highest BCUT2D eigenvalue weighted by Crippen LogP contribution is 2.52. The summed E-state index contributed by atoms with van der Waals surface area (Å²) in [6.45, 7) is 0. The first-order valence-electron chi connectivity index (χ1n) is 13.5. The molecule has 4 aromatic rings. The van der Waals surface area contributed by atoms with Crippen LogP contribution in [-0.4, -0.2) is 31.6 Å². The lowest BCUT2D eigenvalue weighted by Crippen LogP contribution is -2.42. The van der Waals surface area contributed by atoms with E-state index in [0.29, 0.717) is 22.3 Å². The van der Waals surface area contributed by atoms with Crippen molar-refractivity contribution in [2.45, 2.75) is 22.4 Å². The van der Waals surface area contributed by atoms with Crippen molar-refractivity contribution in [2.75, 3.05) is 0 Å². The van der Waals surface area contributed by atoms with Gasteiger partial charge in [-0.3, -0.25) is 0 Å². The normalized spacial score (nSPS) is 22.1. The molecule has 2 atom stereocenters. The fourth-order valence-corrected chi connectivity index (χ4v) is 8.28. The van der Waals surface area contributed by atoms with E-state index >= 15 is 0 Å². The fraction of sp³-hybridized carbons (Fsp3) is 0.111. The van der Waals surface area contributed by atoms with Crippen molar-refractivity contribution in [3.8, 4) is 23.7 Å². The van der Waals surface area contributed by atoms with Crippen molar-refractivity contribution in [1.82, 2.24) is 0 Å². The average molecular weight is 909 g/mol. The van der Waals surface area contributed by atoms with Gasteiger partial charge in [-0.15, -0.1) is 0 Å². The fourth-order valence-electron chi connectivity index (χ4n) is 4.87. The topological polar surface area (TPSA) is 80.9 Å². The lowest BCUT2D eigenvalue weighted by Gasteiger charge is -2.36. The number of hydrogen-bond donors (Lipinski definition) is 4. The highest BCUT2D eigenvalue weighted by molar-refractivity contribution is 9.15. The molecule has 0 radical (unpaired) electrons. The Kier molecular flexibility index (Phi) is 10.5. The summed E-state index contributed by atoms with van der Waals surface area (Å²) in [6, 6.07) is 30.9. The van der Waals surface area contributed by atoms with Crippen LogP contribution in [0.2, 0.25) is 10.0 Å². The van der Waals surface area contributed by atoms with Gasteiger partial charge < -0.3 is 20.4 Å². The lowest BCUT2D eigenvalue weighted by atomic mass is 9.83. The summed E-state index contributed by atoms with van der Waals surface area (Å²) >= 11 is 26.7. The van der Waals surface area contributed by atoms with Crippen LogP contribution in [0.15, 0.2) is 127 Å². The molecule has 0 aliphatic heterocycles. The van der Waals surface area contributed by atoms with Crippen LogP contribution in [0.4, 0.5) is 0 Å². The van der Waals surface area contributed by atoms with E-state index in [9.17, 15) is 20.4 Å². The van der Waals surface area contributed by atoms with Crippen molar-refractivity contribution in [2.24, 2.45) is 0 Å². The van der Waals surface area contributed by atoms with E-state index in [-0.39, 0.29) is 28.0 Å². The zero-order valence-electron chi connectivity index (χ0n) is 23.4. The average Bonchev–Trinajstić information content (AvgIpc) is 3.08. The molecular weight excluding hydrogens is 887 g/mol. The third-order valence-electron chi connectivity index (χ3n) is 7.42. The maximum Gasteiger partial charge on any atom is 0.191 e. The predicted octanol–water partition coefficient (Wildman–Crippen LogP) is 8.65. The van der Waals surface area contributed by atoms with Crippen LogP contribution < -0.4 is 0 Å². The Hall–Kier alpha value is -2.18. The minimum absolute atomic E-state index is 0.00469. The molecule has 0 saturated carbocycles. The Morgan fingerprint density at radius 3 is 1.07 bits per heavy atom. The van der Waals surface area contributed by atoms with E-state index in [2.05, 4.69) is 87.4 Å². The van der Waals surface area contributed by atoms with Gasteiger partial charge in [0.05, 0.1) is 17.9 Å². The number of rotatable bonds is 4. The second kappa shape index (κ2) is 13.7. The van der Waals surface area contributed by atoms with Crippen molar-refractivity contribution >= 4 is 86.9 Å². The van der Waals surface area contributed by atoms with E-state index < -0.39 is 22.4 Å². The quantitative estimate of drug-likeness (QED) is 0.155. The standard InChI is InChI=1S/C36H22Br4Cl2O4/c37-29-31(39)36(46,22-20-34(44,24-13-5-2-6-14-24)26-16-8-10-18-28(26)42)32(40)30(38)35(29,45)21-19-33(43,23-11-3-1-4-12-23)25-15-7-9-17-27(25)41/h1-18,43-46H/t33-,34-,35?,36?/m0/s1. The van der Waals surface area contributed by atoms with Crippen LogP contribution in [0.25, 0.3) is 0 Å². The third-order valence-corrected chi connectivity index (χ3v) is 13.0. The van der Waals surface area contributed by atoms with Gasteiger partial charge in [-0.1, -0.05) is 144 Å². The molecule has 5 rings (SSSR count). The van der Waals surface area contributed by atoms with Gasteiger partial charge in [0.1, 0.15) is 0 Å². The number of halogens is 6. The molecular formula is C36H22Br4Cl2O4. The summed E-state index contributed by atoms with van der Waals surface area (Å²) in [5.74, 6) is 11.3. The molecule has 0 spiro atoms. The second-order valence-electron chi connectivity index (χ2n) is 10.3. The van der Waals surface area contributed by atoms with E-state index in [1.54, 1.807) is 109 Å². The summed E-state index contributed by atoms with van der Waals surface area (Å²) in [4.78, 5) is 0. The molecule has 0 unspecified atom stereocenters. The highest BCUT2D eigenvalue weighted by atomic mass is 79.9. The summed E-state index contributed by atoms with van der Waals surface area (Å²) in [5, 5.41) is 48.7. The Bertz CT molecular complexity index is 1830. The van der Waals surface area contributed by atoms with Crippen molar-refractivity contribution in [1.29, 1.82) is 0 Å². The molecule has 46 heavy (non-hydrogen) atoms. The smallest absolute Gasteiger partial charge is 0.191 e. The molecule has 0 amide bonds. The molecule has 4 N–H and O–H groups in total. The number of aliphatic hydroxyl groups is 4. The zero-order valence-corrected chi connectivity index (χ0v) is 31.3. The van der Waals surface area contributed by atoms with Crippen LogP contribution in [0, 0.1) is 23.7 Å². The maximum absolute atomic E-state index is 12.0. The molecule has 4 aromatic carbocycles. The van der Waals surface area contributed by atoms with E-state index in [0.717, 1.165) is 0 Å². The molecule has 0 bridgehead atoms. The minimum atomic E-state index is -2.12. The molecule has 10 heteroatoms. The Labute approximate surface area is 310 Å². The Balaban J connectivity index is 1.67. The third kappa shape index (κ3) is 6.22. The van der Waals surface area contributed by atoms with E-state index in [4.69, 9.17) is 23.2 Å². The SMILES string of the molecule is OC1(C#C[C@](O)(c2ccccc2)c2ccccc2Cl)C(Br)=C(Br)C(O)(C#C[C@](O)(c2ccccc2)c2ccccc2Cl)C(Br)=C1Br. The first-order chi connectivity index (χ1) is 21.8. The Morgan fingerprint density at radius 1 is 0.478 bits per heavy atom. The summed E-state index contributed by atoms with van der Waals surface area (Å²) in [6.07, 6.45) is 0. The van der Waals surface area contributed by atoms with Crippen molar-refractivity contribution in [3.05, 3.63) is 159 Å². The van der Waals surface area contributed by atoms with Gasteiger partial charge in [-0.2, -0.15) is 0 Å².